The van der Waals surface area contributed by atoms with Crippen molar-refractivity contribution < 1.29 is 24.2 Å². The summed E-state index contributed by atoms with van der Waals surface area (Å²) < 4.78 is 12.0. The Hall–Kier alpha value is -5.24. The summed E-state index contributed by atoms with van der Waals surface area (Å²) in [7, 11) is 0. The minimum Gasteiger partial charge on any atom is -0.508 e. The summed E-state index contributed by atoms with van der Waals surface area (Å²) in [6.07, 6.45) is 0.194. The molecule has 0 aliphatic heterocycles. The van der Waals surface area contributed by atoms with Crippen molar-refractivity contribution in [3.63, 3.8) is 0 Å². The van der Waals surface area contributed by atoms with Gasteiger partial charge in [0.25, 0.3) is 0 Å². The highest BCUT2D eigenvalue weighted by molar-refractivity contribution is 6.01. The molecule has 38 heavy (non-hydrogen) atoms. The van der Waals surface area contributed by atoms with Gasteiger partial charge in [-0.05, 0) is 60.2 Å². The lowest BCUT2D eigenvalue weighted by atomic mass is 10.0. The van der Waals surface area contributed by atoms with E-state index >= 15 is 0 Å². The number of nitrogens with one attached hydrogen (secondary N) is 2. The van der Waals surface area contributed by atoms with Gasteiger partial charge in [-0.15, -0.1) is 0 Å². The van der Waals surface area contributed by atoms with Crippen molar-refractivity contribution in [2.45, 2.75) is 12.2 Å². The van der Waals surface area contributed by atoms with Gasteiger partial charge in [0, 0.05) is 11.8 Å². The van der Waals surface area contributed by atoms with E-state index in [0.717, 1.165) is 0 Å². The van der Waals surface area contributed by atoms with Crippen LogP contribution in [0.4, 0.5) is 21.9 Å². The first-order valence-electron chi connectivity index (χ1n) is 11.8. The number of carbonyl (C=O) groups is 2. The van der Waals surface area contributed by atoms with Gasteiger partial charge in [0.1, 0.15) is 11.5 Å². The molecule has 8 heteroatoms. The topological polar surface area (TPSA) is 123 Å². The fourth-order valence-electron chi connectivity index (χ4n) is 3.60. The predicted molar refractivity (Wildman–Crippen MR) is 147 cm³/mol. The third-order valence-electron chi connectivity index (χ3n) is 5.45. The Morgan fingerprint density at radius 1 is 0.789 bits per heavy atom. The number of nitrogens with two attached hydrogens (primary N) is 1. The Morgan fingerprint density at radius 2 is 1.42 bits per heavy atom. The van der Waals surface area contributed by atoms with E-state index in [-0.39, 0.29) is 5.75 Å². The van der Waals surface area contributed by atoms with Gasteiger partial charge >= 0.3 is 6.09 Å². The Labute approximate surface area is 220 Å². The fraction of sp³-hybridized carbons (Fsp3) is 0.0667. The third-order valence-corrected chi connectivity index (χ3v) is 5.45. The van der Waals surface area contributed by atoms with Gasteiger partial charge in [-0.2, -0.15) is 0 Å². The van der Waals surface area contributed by atoms with Gasteiger partial charge in [-0.25, -0.2) is 4.79 Å². The van der Waals surface area contributed by atoms with Crippen LogP contribution in [0, 0.1) is 0 Å². The number of carbonyl (C=O) groups excluding carboxylic acids is 2. The number of para-hydroxylation sites is 4. The number of hydrogen-bond acceptors (Lipinski definition) is 6. The molecule has 2 atom stereocenters. The van der Waals surface area contributed by atoms with Crippen molar-refractivity contribution in [2.75, 3.05) is 16.4 Å². The Morgan fingerprint density at radius 3 is 2.11 bits per heavy atom. The molecule has 4 aromatic rings. The van der Waals surface area contributed by atoms with Gasteiger partial charge in [-0.3, -0.25) is 10.1 Å². The molecular formula is C30H27N3O5. The largest absolute Gasteiger partial charge is 0.508 e. The van der Waals surface area contributed by atoms with Crippen molar-refractivity contribution in [2.24, 2.45) is 0 Å². The molecule has 0 bridgehead atoms. The smallest absolute Gasteiger partial charge is 0.412 e. The lowest BCUT2D eigenvalue weighted by Crippen LogP contribution is -2.30. The van der Waals surface area contributed by atoms with Crippen molar-refractivity contribution >= 4 is 29.1 Å². The molecule has 192 valence electrons. The van der Waals surface area contributed by atoms with Crippen LogP contribution in [0.3, 0.4) is 0 Å². The lowest BCUT2D eigenvalue weighted by molar-refractivity contribution is -0.112. The molecule has 4 aromatic carbocycles. The molecular weight excluding hydrogens is 482 g/mol. The van der Waals surface area contributed by atoms with E-state index in [1.807, 2.05) is 12.1 Å². The molecule has 0 aliphatic rings. The van der Waals surface area contributed by atoms with E-state index in [2.05, 4.69) is 10.6 Å². The summed E-state index contributed by atoms with van der Waals surface area (Å²) in [5.41, 5.74) is 7.93. The number of rotatable bonds is 9. The highest BCUT2D eigenvalue weighted by Crippen LogP contribution is 2.29. The maximum Gasteiger partial charge on any atom is 0.412 e. The van der Waals surface area contributed by atoms with Crippen LogP contribution >= 0.6 is 0 Å². The van der Waals surface area contributed by atoms with Crippen LogP contribution < -0.4 is 21.1 Å². The number of nitrogen functional groups attached to an aromatic ring is 1. The van der Waals surface area contributed by atoms with Crippen molar-refractivity contribution in [1.82, 2.24) is 0 Å². The van der Waals surface area contributed by atoms with Crippen molar-refractivity contribution in [1.29, 1.82) is 0 Å². The zero-order chi connectivity index (χ0) is 26.7. The van der Waals surface area contributed by atoms with Gasteiger partial charge in [0.2, 0.25) is 5.91 Å². The molecule has 0 saturated heterocycles. The highest BCUT2D eigenvalue weighted by atomic mass is 16.6. The molecule has 0 radical (unpaired) electrons. The maximum atomic E-state index is 12.9. The molecule has 2 amide bonds. The molecule has 5 N–H and O–H groups in total. The van der Waals surface area contributed by atoms with Crippen LogP contribution in [0.15, 0.2) is 121 Å². The standard InChI is InChI=1S/C30H27N3O5/c31-25-13-7-8-14-26(25)33-28(35)20-19-27(37-24-11-5-2-6-12-24)29(21-15-17-23(34)18-16-21)38-30(36)32-22-9-3-1-4-10-22/h1-20,27,29,34H,31H2,(H,32,36)(H,33,35)/b20-19+/t27-,29-/m1/s1. The molecule has 0 heterocycles. The fourth-order valence-corrected chi connectivity index (χ4v) is 3.60. The number of benzene rings is 4. The van der Waals surface area contributed by atoms with Crippen LogP contribution in [-0.2, 0) is 9.53 Å². The normalized spacial score (nSPS) is 12.3. The van der Waals surface area contributed by atoms with E-state index < -0.39 is 24.2 Å². The minimum absolute atomic E-state index is 0.0529. The van der Waals surface area contributed by atoms with Gasteiger partial charge < -0.3 is 25.6 Å². The van der Waals surface area contributed by atoms with E-state index in [1.165, 1.54) is 24.3 Å². The van der Waals surface area contributed by atoms with Gasteiger partial charge in [0.05, 0.1) is 11.4 Å². The number of hydrogen-bond donors (Lipinski definition) is 4. The summed E-state index contributed by atoms with van der Waals surface area (Å²) >= 11 is 0. The first-order chi connectivity index (χ1) is 18.5. The molecule has 0 unspecified atom stereocenters. The number of phenols is 1. The second-order valence-electron chi connectivity index (χ2n) is 8.24. The van der Waals surface area contributed by atoms with Crippen LogP contribution in [0.2, 0.25) is 0 Å². The molecule has 0 fully saturated rings. The molecule has 0 spiro atoms. The first-order valence-corrected chi connectivity index (χ1v) is 11.8. The Bertz CT molecular complexity index is 1380. The molecule has 4 rings (SSSR count). The van der Waals surface area contributed by atoms with E-state index in [9.17, 15) is 14.7 Å². The molecule has 8 nitrogen and oxygen atoms in total. The van der Waals surface area contributed by atoms with E-state index in [0.29, 0.717) is 28.4 Å². The maximum absolute atomic E-state index is 12.9. The van der Waals surface area contributed by atoms with Crippen molar-refractivity contribution in [3.8, 4) is 11.5 Å². The Balaban J connectivity index is 1.62. The lowest BCUT2D eigenvalue weighted by Gasteiger charge is -2.26. The average molecular weight is 510 g/mol. The first kappa shape index (κ1) is 25.8. The monoisotopic (exact) mass is 509 g/mol. The number of ether oxygens (including phenoxy) is 2. The van der Waals surface area contributed by atoms with Crippen LogP contribution in [0.5, 0.6) is 11.5 Å². The van der Waals surface area contributed by atoms with E-state index in [1.54, 1.807) is 84.9 Å². The quantitative estimate of drug-likeness (QED) is 0.164. The van der Waals surface area contributed by atoms with Gasteiger partial charge in [-0.1, -0.05) is 60.7 Å². The predicted octanol–water partition coefficient (Wildman–Crippen LogP) is 5.91. The average Bonchev–Trinajstić information content (AvgIpc) is 2.93. The molecule has 0 saturated carbocycles. The Kier molecular flexibility index (Phi) is 8.60. The van der Waals surface area contributed by atoms with Gasteiger partial charge in [0.15, 0.2) is 12.2 Å². The van der Waals surface area contributed by atoms with Crippen LogP contribution in [-0.4, -0.2) is 23.2 Å². The summed E-state index contributed by atoms with van der Waals surface area (Å²) in [6.45, 7) is 0. The third kappa shape index (κ3) is 7.38. The zero-order valence-electron chi connectivity index (χ0n) is 20.4. The summed E-state index contributed by atoms with van der Waals surface area (Å²) in [5.74, 6) is 0.116. The number of aromatic hydroxyl groups is 1. The summed E-state index contributed by atoms with van der Waals surface area (Å²) in [6, 6.07) is 30.9. The summed E-state index contributed by atoms with van der Waals surface area (Å²) in [5, 5.41) is 15.2. The second kappa shape index (κ2) is 12.6. The SMILES string of the molecule is Nc1ccccc1NC(=O)/C=C/[C@@H](Oc1ccccc1)[C@H](OC(=O)Nc1ccccc1)c1ccc(O)cc1. The highest BCUT2D eigenvalue weighted by Gasteiger charge is 2.28. The van der Waals surface area contributed by atoms with Crippen LogP contribution in [0.1, 0.15) is 11.7 Å². The minimum atomic E-state index is -0.981. The molecule has 0 aromatic heterocycles. The number of anilines is 3. The number of amides is 2. The zero-order valence-corrected chi connectivity index (χ0v) is 20.4. The molecule has 0 aliphatic carbocycles. The van der Waals surface area contributed by atoms with Crippen LogP contribution in [0.25, 0.3) is 0 Å². The summed E-state index contributed by atoms with van der Waals surface area (Å²) in [4.78, 5) is 25.6. The number of phenolic OH excluding ortho intramolecular Hbond substituents is 1. The van der Waals surface area contributed by atoms with E-state index in [4.69, 9.17) is 15.2 Å². The second-order valence-corrected chi connectivity index (χ2v) is 8.24. The van der Waals surface area contributed by atoms with Crippen molar-refractivity contribution in [3.05, 3.63) is 127 Å².